The van der Waals surface area contributed by atoms with Gasteiger partial charge in [0.2, 0.25) is 7.37 Å². The summed E-state index contributed by atoms with van der Waals surface area (Å²) < 4.78 is 14.6. The molecule has 0 rings (SSSR count). The molecule has 4 heteroatoms. The summed E-state index contributed by atoms with van der Waals surface area (Å²) in [6.07, 6.45) is 0.806. The van der Waals surface area contributed by atoms with Crippen LogP contribution >= 0.6 is 7.37 Å². The maximum Gasteiger partial charge on any atom is 0.234 e. The second-order valence-electron chi connectivity index (χ2n) is 1.53. The molecule has 0 aliphatic carbocycles. The van der Waals surface area contributed by atoms with Gasteiger partial charge in [0.05, 0.1) is 0 Å². The van der Waals surface area contributed by atoms with Crippen LogP contribution in [0.2, 0.25) is 0 Å². The summed E-state index contributed by atoms with van der Waals surface area (Å²) in [6.45, 7) is 3.45. The molecule has 0 spiro atoms. The summed E-state index contributed by atoms with van der Waals surface area (Å²) >= 11 is 0. The van der Waals surface area contributed by atoms with Crippen molar-refractivity contribution >= 4 is 7.37 Å². The van der Waals surface area contributed by atoms with E-state index in [9.17, 15) is 4.57 Å². The molecule has 0 bridgehead atoms. The molecule has 3 nitrogen and oxygen atoms in total. The van der Waals surface area contributed by atoms with Gasteiger partial charge >= 0.3 is 0 Å². The van der Waals surface area contributed by atoms with Crippen LogP contribution in [0.15, 0.2) is 0 Å². The van der Waals surface area contributed by atoms with Crippen LogP contribution in [0.5, 0.6) is 0 Å². The Morgan fingerprint density at radius 1 is 1.50 bits per heavy atom. The Bertz CT molecular complexity index is 82.4. The van der Waals surface area contributed by atoms with Gasteiger partial charge in [0.1, 0.15) is 0 Å². The third-order valence-corrected chi connectivity index (χ3v) is 3.34. The minimum absolute atomic E-state index is 0.403. The van der Waals surface area contributed by atoms with E-state index < -0.39 is 7.37 Å². The summed E-state index contributed by atoms with van der Waals surface area (Å²) in [6, 6.07) is 0. The molecule has 0 aromatic carbocycles. The first kappa shape index (κ1) is 8.15. The van der Waals surface area contributed by atoms with E-state index in [-0.39, 0.29) is 0 Å². The molecule has 0 aromatic rings. The molecule has 0 aliphatic heterocycles. The zero-order chi connectivity index (χ0) is 6.62. The second kappa shape index (κ2) is 3.23. The summed E-state index contributed by atoms with van der Waals surface area (Å²) in [5.74, 6) is 0. The topological polar surface area (TPSA) is 46.5 Å². The molecule has 0 aromatic heterocycles. The Morgan fingerprint density at radius 2 is 1.88 bits per heavy atom. The summed E-state index contributed by atoms with van der Waals surface area (Å²) in [7, 11) is -2.61. The standard InChI is InChI=1S/C4H11O3P/c1-3-8(6,4-2)7-5/h5H,3-4H2,1-2H3. The largest absolute Gasteiger partial charge is 0.290 e. The number of rotatable bonds is 3. The molecule has 0 heterocycles. The second-order valence-corrected chi connectivity index (χ2v) is 4.59. The number of hydrogen-bond donors (Lipinski definition) is 1. The van der Waals surface area contributed by atoms with Crippen LogP contribution < -0.4 is 0 Å². The van der Waals surface area contributed by atoms with Crippen molar-refractivity contribution in [2.24, 2.45) is 0 Å². The monoisotopic (exact) mass is 138 g/mol. The average Bonchev–Trinajstić information content (AvgIpc) is 1.87. The van der Waals surface area contributed by atoms with Crippen molar-refractivity contribution in [1.29, 1.82) is 0 Å². The van der Waals surface area contributed by atoms with E-state index in [1.165, 1.54) is 0 Å². The molecule has 0 saturated carbocycles. The Morgan fingerprint density at radius 3 is 1.88 bits per heavy atom. The van der Waals surface area contributed by atoms with Crippen LogP contribution in [0.25, 0.3) is 0 Å². The van der Waals surface area contributed by atoms with Gasteiger partial charge in [0, 0.05) is 12.3 Å². The molecule has 0 unspecified atom stereocenters. The van der Waals surface area contributed by atoms with E-state index in [2.05, 4.69) is 4.67 Å². The quantitative estimate of drug-likeness (QED) is 0.367. The molecular weight excluding hydrogens is 127 g/mol. The van der Waals surface area contributed by atoms with Crippen LogP contribution in [0, 0.1) is 0 Å². The van der Waals surface area contributed by atoms with E-state index in [0.29, 0.717) is 12.3 Å². The van der Waals surface area contributed by atoms with Gasteiger partial charge in [0.25, 0.3) is 0 Å². The van der Waals surface area contributed by atoms with E-state index in [1.54, 1.807) is 13.8 Å². The summed E-state index contributed by atoms with van der Waals surface area (Å²) in [5, 5.41) is 8.02. The molecule has 0 radical (unpaired) electrons. The molecule has 0 amide bonds. The van der Waals surface area contributed by atoms with Gasteiger partial charge in [-0.2, -0.15) is 4.67 Å². The Hall–Kier alpha value is 0.150. The molecular formula is C4H11O3P. The Balaban J connectivity index is 3.79. The highest BCUT2D eigenvalue weighted by atomic mass is 31.2. The number of hydrogen-bond acceptors (Lipinski definition) is 3. The van der Waals surface area contributed by atoms with E-state index in [1.807, 2.05) is 0 Å². The third-order valence-electron chi connectivity index (χ3n) is 1.11. The van der Waals surface area contributed by atoms with Crippen LogP contribution in [0.4, 0.5) is 0 Å². The van der Waals surface area contributed by atoms with Crippen molar-refractivity contribution in [2.45, 2.75) is 13.8 Å². The van der Waals surface area contributed by atoms with Gasteiger partial charge in [-0.15, -0.1) is 0 Å². The van der Waals surface area contributed by atoms with Gasteiger partial charge in [0.15, 0.2) is 0 Å². The van der Waals surface area contributed by atoms with Crippen molar-refractivity contribution in [3.05, 3.63) is 0 Å². The molecule has 50 valence electrons. The first-order valence-electron chi connectivity index (χ1n) is 2.59. The first-order chi connectivity index (χ1) is 3.68. The summed E-state index contributed by atoms with van der Waals surface area (Å²) in [5.41, 5.74) is 0. The van der Waals surface area contributed by atoms with E-state index in [0.717, 1.165) is 0 Å². The molecule has 0 aliphatic rings. The fourth-order valence-electron chi connectivity index (χ4n) is 0.339. The van der Waals surface area contributed by atoms with E-state index in [4.69, 9.17) is 5.26 Å². The lowest BCUT2D eigenvalue weighted by Gasteiger charge is -2.06. The van der Waals surface area contributed by atoms with Crippen molar-refractivity contribution in [3.8, 4) is 0 Å². The van der Waals surface area contributed by atoms with Crippen molar-refractivity contribution in [2.75, 3.05) is 12.3 Å². The predicted octanol–water partition coefficient (Wildman–Crippen LogP) is 1.79. The lowest BCUT2D eigenvalue weighted by molar-refractivity contribution is -0.135. The minimum Gasteiger partial charge on any atom is -0.290 e. The van der Waals surface area contributed by atoms with Crippen LogP contribution in [-0.4, -0.2) is 17.6 Å². The zero-order valence-electron chi connectivity index (χ0n) is 5.13. The Labute approximate surface area is 49.0 Å². The summed E-state index contributed by atoms with van der Waals surface area (Å²) in [4.78, 5) is 0. The molecule has 8 heavy (non-hydrogen) atoms. The average molecular weight is 138 g/mol. The van der Waals surface area contributed by atoms with Gasteiger partial charge in [-0.05, 0) is 0 Å². The van der Waals surface area contributed by atoms with Gasteiger partial charge in [-0.25, -0.2) is 5.26 Å². The molecule has 0 atom stereocenters. The predicted molar refractivity (Wildman–Crippen MR) is 32.4 cm³/mol. The SMILES string of the molecule is CCP(=O)(CC)OO. The van der Waals surface area contributed by atoms with Crippen LogP contribution in [0.3, 0.4) is 0 Å². The normalized spacial score (nSPS) is 11.9. The first-order valence-corrected chi connectivity index (χ1v) is 4.59. The lowest BCUT2D eigenvalue weighted by atomic mass is 11.0. The highest BCUT2D eigenvalue weighted by molar-refractivity contribution is 7.58. The lowest BCUT2D eigenvalue weighted by Crippen LogP contribution is -1.90. The molecule has 0 fully saturated rings. The fourth-order valence-corrected chi connectivity index (χ4v) is 1.02. The van der Waals surface area contributed by atoms with Crippen LogP contribution in [-0.2, 0) is 9.24 Å². The van der Waals surface area contributed by atoms with Gasteiger partial charge < -0.3 is 0 Å². The maximum atomic E-state index is 10.8. The van der Waals surface area contributed by atoms with Crippen molar-refractivity contribution in [3.63, 3.8) is 0 Å². The maximum absolute atomic E-state index is 10.8. The smallest absolute Gasteiger partial charge is 0.234 e. The van der Waals surface area contributed by atoms with Crippen molar-refractivity contribution < 1.29 is 14.5 Å². The van der Waals surface area contributed by atoms with Gasteiger partial charge in [-0.1, -0.05) is 13.8 Å². The van der Waals surface area contributed by atoms with Crippen molar-refractivity contribution in [1.82, 2.24) is 0 Å². The highest BCUT2D eigenvalue weighted by Crippen LogP contribution is 2.44. The van der Waals surface area contributed by atoms with E-state index >= 15 is 0 Å². The third kappa shape index (κ3) is 1.95. The van der Waals surface area contributed by atoms with Crippen LogP contribution in [0.1, 0.15) is 13.8 Å². The minimum atomic E-state index is -2.61. The molecule has 1 N–H and O–H groups in total. The fraction of sp³-hybridized carbons (Fsp3) is 1.00. The highest BCUT2D eigenvalue weighted by Gasteiger charge is 2.16. The molecule has 0 saturated heterocycles. The Kier molecular flexibility index (Phi) is 3.29. The van der Waals surface area contributed by atoms with Gasteiger partial charge in [-0.3, -0.25) is 4.57 Å². The zero-order valence-corrected chi connectivity index (χ0v) is 6.02.